The van der Waals surface area contributed by atoms with Gasteiger partial charge in [0, 0.05) is 25.2 Å². The number of allylic oxidation sites excluding steroid dienone is 1. The molecule has 2 rings (SSSR count). The summed E-state index contributed by atoms with van der Waals surface area (Å²) < 4.78 is 2.32. The Morgan fingerprint density at radius 2 is 2.25 bits per heavy atom. The first-order chi connectivity index (χ1) is 5.88. The van der Waals surface area contributed by atoms with E-state index in [2.05, 4.69) is 35.0 Å². The van der Waals surface area contributed by atoms with E-state index in [-0.39, 0.29) is 0 Å². The van der Waals surface area contributed by atoms with Crippen LogP contribution in [0.4, 0.5) is 0 Å². The molecule has 1 fully saturated rings. The maximum atomic E-state index is 2.47. The van der Waals surface area contributed by atoms with Gasteiger partial charge in [0.15, 0.2) is 6.21 Å². The lowest BCUT2D eigenvalue weighted by molar-refractivity contribution is -0.559. The van der Waals surface area contributed by atoms with Crippen LogP contribution in [0.2, 0.25) is 0 Å². The Morgan fingerprint density at radius 3 is 3.17 bits per heavy atom. The van der Waals surface area contributed by atoms with Crippen LogP contribution in [0.1, 0.15) is 25.7 Å². The Bertz CT molecular complexity index is 218. The van der Waals surface area contributed by atoms with E-state index in [0.29, 0.717) is 6.17 Å². The minimum atomic E-state index is 0.637. The molecule has 2 heteroatoms. The van der Waals surface area contributed by atoms with Gasteiger partial charge in [-0.15, -0.1) is 0 Å². The third kappa shape index (κ3) is 1.38. The first kappa shape index (κ1) is 7.84. The third-order valence-corrected chi connectivity index (χ3v) is 2.83. The van der Waals surface area contributed by atoms with Gasteiger partial charge in [-0.05, 0) is 12.8 Å². The lowest BCUT2D eigenvalue weighted by Crippen LogP contribution is -2.40. The molecule has 0 amide bonds. The van der Waals surface area contributed by atoms with Crippen molar-refractivity contribution < 1.29 is 4.58 Å². The third-order valence-electron chi connectivity index (χ3n) is 2.83. The second-order valence-corrected chi connectivity index (χ2v) is 3.72. The van der Waals surface area contributed by atoms with Crippen LogP contribution in [0.25, 0.3) is 0 Å². The molecule has 0 aromatic heterocycles. The van der Waals surface area contributed by atoms with Crippen LogP contribution >= 0.6 is 0 Å². The van der Waals surface area contributed by atoms with Crippen molar-refractivity contribution in [2.24, 2.45) is 0 Å². The van der Waals surface area contributed by atoms with Crippen molar-refractivity contribution in [3.8, 4) is 0 Å². The fourth-order valence-electron chi connectivity index (χ4n) is 2.11. The van der Waals surface area contributed by atoms with Crippen molar-refractivity contribution in [3.63, 3.8) is 0 Å². The van der Waals surface area contributed by atoms with E-state index in [9.17, 15) is 0 Å². The van der Waals surface area contributed by atoms with Crippen LogP contribution in [0, 0.1) is 0 Å². The van der Waals surface area contributed by atoms with E-state index in [1.807, 2.05) is 0 Å². The van der Waals surface area contributed by atoms with Crippen LogP contribution < -0.4 is 0 Å². The summed E-state index contributed by atoms with van der Waals surface area (Å²) in [4.78, 5) is 2.47. The lowest BCUT2D eigenvalue weighted by atomic mass is 10.2. The van der Waals surface area contributed by atoms with Gasteiger partial charge < -0.3 is 4.90 Å². The maximum absolute atomic E-state index is 2.47. The Hall–Kier alpha value is -0.790. The summed E-state index contributed by atoms with van der Waals surface area (Å²) in [6, 6.07) is 0. The average Bonchev–Trinajstić information content (AvgIpc) is 2.30. The maximum Gasteiger partial charge on any atom is 0.227 e. The van der Waals surface area contributed by atoms with Crippen LogP contribution in [0.15, 0.2) is 12.3 Å². The van der Waals surface area contributed by atoms with E-state index in [0.717, 1.165) is 0 Å². The normalized spacial score (nSPS) is 29.2. The average molecular weight is 165 g/mol. The topological polar surface area (TPSA) is 6.25 Å². The fraction of sp³-hybridized carbons (Fsp3) is 0.700. The second-order valence-electron chi connectivity index (χ2n) is 3.72. The van der Waals surface area contributed by atoms with E-state index in [4.69, 9.17) is 0 Å². The molecule has 0 aliphatic carbocycles. The van der Waals surface area contributed by atoms with Gasteiger partial charge >= 0.3 is 0 Å². The smallest absolute Gasteiger partial charge is 0.227 e. The molecule has 12 heavy (non-hydrogen) atoms. The summed E-state index contributed by atoms with van der Waals surface area (Å²) in [5.41, 5.74) is 0. The molecule has 2 heterocycles. The zero-order valence-electron chi connectivity index (χ0n) is 7.74. The van der Waals surface area contributed by atoms with Crippen molar-refractivity contribution in [2.45, 2.75) is 31.8 Å². The van der Waals surface area contributed by atoms with E-state index >= 15 is 0 Å². The number of rotatable bonds is 0. The number of nitrogens with zero attached hydrogens (tertiary/aromatic N) is 2. The van der Waals surface area contributed by atoms with Gasteiger partial charge in [-0.2, -0.15) is 0 Å². The van der Waals surface area contributed by atoms with E-state index in [1.54, 1.807) is 0 Å². The standard InChI is InChI=1S/C10H17N2/c1-11-7-5-9-12-8-4-2-3-6-10(11)12/h5,7,9-10H,2-4,6,8H2,1H3/q+1. The second kappa shape index (κ2) is 3.30. The molecule has 0 saturated carbocycles. The summed E-state index contributed by atoms with van der Waals surface area (Å²) in [5, 5.41) is 0. The predicted molar refractivity (Wildman–Crippen MR) is 50.4 cm³/mol. The summed E-state index contributed by atoms with van der Waals surface area (Å²) >= 11 is 0. The van der Waals surface area contributed by atoms with Gasteiger partial charge in [-0.3, -0.25) is 0 Å². The highest BCUT2D eigenvalue weighted by molar-refractivity contribution is 5.66. The van der Waals surface area contributed by atoms with Gasteiger partial charge in [0.25, 0.3) is 0 Å². The van der Waals surface area contributed by atoms with Crippen LogP contribution in [-0.4, -0.2) is 35.4 Å². The molecule has 1 unspecified atom stereocenters. The minimum Gasteiger partial charge on any atom is -0.321 e. The summed E-state index contributed by atoms with van der Waals surface area (Å²) in [6.07, 6.45) is 12.6. The highest BCUT2D eigenvalue weighted by Crippen LogP contribution is 2.18. The van der Waals surface area contributed by atoms with Crippen LogP contribution in [0.5, 0.6) is 0 Å². The molecule has 0 bridgehead atoms. The van der Waals surface area contributed by atoms with Crippen molar-refractivity contribution >= 4 is 6.21 Å². The van der Waals surface area contributed by atoms with E-state index in [1.165, 1.54) is 32.2 Å². The molecule has 0 radical (unpaired) electrons. The molecular weight excluding hydrogens is 148 g/mol. The Kier molecular flexibility index (Phi) is 2.15. The molecule has 0 aromatic carbocycles. The van der Waals surface area contributed by atoms with Gasteiger partial charge in [-0.25, -0.2) is 4.58 Å². The molecule has 2 aliphatic rings. The van der Waals surface area contributed by atoms with Crippen molar-refractivity contribution in [3.05, 3.63) is 12.3 Å². The summed E-state index contributed by atoms with van der Waals surface area (Å²) in [7, 11) is 2.17. The summed E-state index contributed by atoms with van der Waals surface area (Å²) in [5.74, 6) is 0. The first-order valence-corrected chi connectivity index (χ1v) is 4.87. The minimum absolute atomic E-state index is 0.637. The SMILES string of the molecule is C[N+]1=CC=CN2CCCCCC21. The molecule has 0 N–H and O–H groups in total. The number of fused-ring (bicyclic) bond motifs is 1. The summed E-state index contributed by atoms with van der Waals surface area (Å²) in [6.45, 7) is 1.24. The van der Waals surface area contributed by atoms with Crippen molar-refractivity contribution in [1.29, 1.82) is 0 Å². The molecule has 2 nitrogen and oxygen atoms in total. The van der Waals surface area contributed by atoms with Crippen LogP contribution in [0.3, 0.4) is 0 Å². The Labute approximate surface area is 74.2 Å². The number of hydrogen-bond donors (Lipinski definition) is 0. The van der Waals surface area contributed by atoms with Gasteiger partial charge in [0.2, 0.25) is 6.17 Å². The van der Waals surface area contributed by atoms with Crippen LogP contribution in [-0.2, 0) is 0 Å². The van der Waals surface area contributed by atoms with Crippen molar-refractivity contribution in [2.75, 3.05) is 13.6 Å². The highest BCUT2D eigenvalue weighted by atomic mass is 15.3. The highest BCUT2D eigenvalue weighted by Gasteiger charge is 2.26. The molecule has 1 saturated heterocycles. The van der Waals surface area contributed by atoms with Crippen molar-refractivity contribution in [1.82, 2.24) is 4.90 Å². The zero-order valence-corrected chi connectivity index (χ0v) is 7.74. The largest absolute Gasteiger partial charge is 0.321 e. The molecule has 66 valence electrons. The predicted octanol–water partition coefficient (Wildman–Crippen LogP) is 1.43. The van der Waals surface area contributed by atoms with E-state index < -0.39 is 0 Å². The Morgan fingerprint density at radius 1 is 1.33 bits per heavy atom. The van der Waals surface area contributed by atoms with Gasteiger partial charge in [0.05, 0.1) is 0 Å². The lowest BCUT2D eigenvalue weighted by Gasteiger charge is -2.26. The molecule has 2 aliphatic heterocycles. The first-order valence-electron chi connectivity index (χ1n) is 4.87. The monoisotopic (exact) mass is 165 g/mol. The zero-order chi connectivity index (χ0) is 8.39. The van der Waals surface area contributed by atoms with Gasteiger partial charge in [-0.1, -0.05) is 6.42 Å². The molecule has 1 atom stereocenters. The molecule has 0 aromatic rings. The fourth-order valence-corrected chi connectivity index (χ4v) is 2.11. The van der Waals surface area contributed by atoms with Gasteiger partial charge in [0.1, 0.15) is 7.05 Å². The Balaban J connectivity index is 2.14. The molecule has 0 spiro atoms. The molecular formula is C10H17N2+. The quantitative estimate of drug-likeness (QED) is 0.492. The number of hydrogen-bond acceptors (Lipinski definition) is 1.